The predicted molar refractivity (Wildman–Crippen MR) is 278 cm³/mol. The van der Waals surface area contributed by atoms with Crippen molar-refractivity contribution in [1.29, 1.82) is 0 Å². The topological polar surface area (TPSA) is 209 Å². The van der Waals surface area contributed by atoms with Crippen LogP contribution in [0, 0.1) is 23.7 Å². The number of hydrogen-bond acceptors (Lipinski definition) is 17. The van der Waals surface area contributed by atoms with Crippen LogP contribution >= 0.6 is 0 Å². The van der Waals surface area contributed by atoms with E-state index >= 15 is 14.4 Å². The van der Waals surface area contributed by atoms with Crippen LogP contribution in [0.1, 0.15) is 58.0 Å². The largest absolute Gasteiger partial charge is 0.491 e. The lowest BCUT2D eigenvalue weighted by molar-refractivity contribution is -0.179. The molecule has 0 saturated carbocycles. The van der Waals surface area contributed by atoms with Gasteiger partial charge in [0.15, 0.2) is 17.4 Å². The first-order valence-electron chi connectivity index (χ1n) is 25.6. The number of amides is 3. The van der Waals surface area contributed by atoms with Crippen molar-refractivity contribution in [2.24, 2.45) is 11.8 Å². The van der Waals surface area contributed by atoms with Gasteiger partial charge >= 0.3 is 24.0 Å². The summed E-state index contributed by atoms with van der Waals surface area (Å²) in [7, 11) is 3.73. The molecule has 0 bridgehead atoms. The maximum atomic E-state index is 16.8. The van der Waals surface area contributed by atoms with Crippen molar-refractivity contribution in [3.8, 4) is 29.1 Å². The number of cyclic esters (lactones) is 1. The van der Waals surface area contributed by atoms with Gasteiger partial charge in [-0.3, -0.25) is 33.8 Å². The van der Waals surface area contributed by atoms with E-state index in [9.17, 15) is 19.5 Å². The summed E-state index contributed by atoms with van der Waals surface area (Å²) in [5.41, 5.74) is 0.966. The lowest BCUT2D eigenvalue weighted by Crippen LogP contribution is -2.59. The van der Waals surface area contributed by atoms with E-state index in [0.29, 0.717) is 47.8 Å². The van der Waals surface area contributed by atoms with Crippen LogP contribution in [-0.4, -0.2) is 142 Å². The molecule has 6 atom stereocenters. The van der Waals surface area contributed by atoms with Crippen molar-refractivity contribution < 1.29 is 71.8 Å². The number of nitrogens with zero attached hydrogens (tertiary/aromatic N) is 4. The molecule has 0 radical (unpaired) electrons. The summed E-state index contributed by atoms with van der Waals surface area (Å²) < 4.78 is 44.9. The van der Waals surface area contributed by atoms with Crippen molar-refractivity contribution in [3.05, 3.63) is 155 Å². The van der Waals surface area contributed by atoms with Crippen LogP contribution in [0.25, 0.3) is 0 Å². The van der Waals surface area contributed by atoms with Crippen LogP contribution in [0.4, 0.5) is 10.5 Å². The Kier molecular flexibility index (Phi) is 15.8. The van der Waals surface area contributed by atoms with Crippen LogP contribution in [0.2, 0.25) is 0 Å². The summed E-state index contributed by atoms with van der Waals surface area (Å²) in [5, 5.41) is 10.2. The molecule has 1 spiro atoms. The SMILES string of the molecule is COCCOC(=O)N1C(=O)C2(c3cc(C#CCC(C(=O)OC)C(=O)OC)ccc31)C(C(=O)N1CCN(Cc3ccc4c(c3)OCO4)CC1)C1C(=O)OC(c3ccccc3)C(c3ccccc3)N1C2c1ccccc1OCCO. The molecule has 3 fully saturated rings. The van der Waals surface area contributed by atoms with Crippen molar-refractivity contribution in [3.63, 3.8) is 0 Å². The molecule has 5 aromatic carbocycles. The minimum absolute atomic E-state index is 0.000285. The number of aliphatic hydroxyl groups excluding tert-OH is 1. The smallest absolute Gasteiger partial charge is 0.421 e. The third kappa shape index (κ3) is 9.76. The molecule has 0 aliphatic carbocycles. The van der Waals surface area contributed by atoms with Gasteiger partial charge in [-0.2, -0.15) is 0 Å². The number of ether oxygens (including phenoxy) is 8. The minimum Gasteiger partial charge on any atom is -0.491 e. The number of esters is 3. The van der Waals surface area contributed by atoms with Gasteiger partial charge in [0.2, 0.25) is 18.6 Å². The maximum Gasteiger partial charge on any atom is 0.421 e. The summed E-state index contributed by atoms with van der Waals surface area (Å²) in [6, 6.07) is 32.3. The maximum absolute atomic E-state index is 16.8. The number of methoxy groups -OCH3 is 3. The number of fused-ring (bicyclic) bond motifs is 4. The van der Waals surface area contributed by atoms with E-state index in [1.807, 2.05) is 83.8 Å². The number of piperazine rings is 1. The van der Waals surface area contributed by atoms with Gasteiger partial charge in [0.25, 0.3) is 0 Å². The molecule has 1 N–H and O–H groups in total. The van der Waals surface area contributed by atoms with E-state index < -0.39 is 77.3 Å². The molecule has 3 amide bonds. The summed E-state index contributed by atoms with van der Waals surface area (Å²) in [4.78, 5) is 95.9. The third-order valence-corrected chi connectivity index (χ3v) is 15.0. The van der Waals surface area contributed by atoms with E-state index in [1.54, 1.807) is 41.3 Å². The Hall–Kier alpha value is -8.28. The highest BCUT2D eigenvalue weighted by Gasteiger charge is 2.76. The monoisotopic (exact) mass is 1060 g/mol. The third-order valence-electron chi connectivity index (χ3n) is 15.0. The number of para-hydroxylation sites is 1. The molecule has 6 unspecified atom stereocenters. The number of morpholine rings is 1. The highest BCUT2D eigenvalue weighted by molar-refractivity contribution is 6.23. The molecule has 19 heteroatoms. The van der Waals surface area contributed by atoms with Gasteiger partial charge in [-0.1, -0.05) is 96.8 Å². The standard InChI is InChI=1S/C59H58N4O15/c1-71-31-32-75-58(70)62-44-23-21-37(13-12-19-42(54(66)72-2)55(67)73-3)33-43(44)59(57(62)69)48(53(65)61-27-25-60(26-28-61)35-38-22-24-46-47(34-38)77-36-76-46)50-56(68)78-51(40-16-8-5-9-17-40)49(39-14-6-4-7-15-39)63(50)52(59)41-18-10-11-20-45(41)74-30-29-64/h4-11,14-18,20-24,33-34,42,48-52,64H,19,25-32,35-36H2,1-3H3. The molecule has 3 saturated heterocycles. The summed E-state index contributed by atoms with van der Waals surface area (Å²) >= 11 is 0. The Labute approximate surface area is 450 Å². The molecule has 5 aliphatic rings. The second-order valence-electron chi connectivity index (χ2n) is 19.2. The number of anilines is 1. The Morgan fingerprint density at radius 2 is 1.45 bits per heavy atom. The molecular weight excluding hydrogens is 1000 g/mol. The van der Waals surface area contributed by atoms with Gasteiger partial charge in [0, 0.05) is 57.4 Å². The highest BCUT2D eigenvalue weighted by atomic mass is 16.7. The van der Waals surface area contributed by atoms with Crippen molar-refractivity contribution >= 4 is 41.5 Å². The van der Waals surface area contributed by atoms with Gasteiger partial charge in [-0.15, -0.1) is 0 Å². The van der Waals surface area contributed by atoms with E-state index in [2.05, 4.69) is 16.7 Å². The molecule has 19 nitrogen and oxygen atoms in total. The average molecular weight is 1060 g/mol. The summed E-state index contributed by atoms with van der Waals surface area (Å²) in [5.74, 6) is 0.611. The summed E-state index contributed by atoms with van der Waals surface area (Å²) in [6.45, 7) is 1.15. The van der Waals surface area contributed by atoms with Gasteiger partial charge in [-0.05, 0) is 58.7 Å². The second-order valence-corrected chi connectivity index (χ2v) is 19.2. The zero-order valence-corrected chi connectivity index (χ0v) is 43.2. The van der Waals surface area contributed by atoms with Gasteiger partial charge in [0.05, 0.1) is 51.1 Å². The van der Waals surface area contributed by atoms with E-state index in [4.69, 9.17) is 37.9 Å². The molecule has 78 heavy (non-hydrogen) atoms. The van der Waals surface area contributed by atoms with Crippen molar-refractivity contribution in [2.45, 2.75) is 42.6 Å². The zero-order chi connectivity index (χ0) is 54.5. The van der Waals surface area contributed by atoms with E-state index in [0.717, 1.165) is 24.7 Å². The van der Waals surface area contributed by atoms with Crippen LogP contribution < -0.4 is 19.1 Å². The Morgan fingerprint density at radius 1 is 0.756 bits per heavy atom. The average Bonchev–Trinajstić information content (AvgIpc) is 3.13. The van der Waals surface area contributed by atoms with Crippen molar-refractivity contribution in [2.75, 3.05) is 85.6 Å². The van der Waals surface area contributed by atoms with Gasteiger partial charge < -0.3 is 47.9 Å². The first-order valence-corrected chi connectivity index (χ1v) is 25.6. The first kappa shape index (κ1) is 53.1. The fourth-order valence-electron chi connectivity index (χ4n) is 11.6. The van der Waals surface area contributed by atoms with E-state index in [-0.39, 0.29) is 75.3 Å². The number of benzene rings is 5. The van der Waals surface area contributed by atoms with Crippen LogP contribution in [0.3, 0.4) is 0 Å². The highest BCUT2D eigenvalue weighted by Crippen LogP contribution is 2.67. The molecule has 5 heterocycles. The Morgan fingerprint density at radius 3 is 2.15 bits per heavy atom. The number of hydrogen-bond donors (Lipinski definition) is 1. The lowest BCUT2D eigenvalue weighted by atomic mass is 9.64. The van der Waals surface area contributed by atoms with Crippen LogP contribution in [0.15, 0.2) is 121 Å². The van der Waals surface area contributed by atoms with Crippen LogP contribution in [-0.2, 0) is 59.6 Å². The van der Waals surface area contributed by atoms with Gasteiger partial charge in [0.1, 0.15) is 36.5 Å². The molecular formula is C59H58N4O15. The van der Waals surface area contributed by atoms with E-state index in [1.165, 1.54) is 13.2 Å². The molecule has 10 rings (SSSR count). The Balaban J connectivity index is 1.20. The predicted octanol–water partition coefficient (Wildman–Crippen LogP) is 5.28. The minimum atomic E-state index is -2.20. The fraction of sp³-hybridized carbons (Fsp3) is 0.356. The summed E-state index contributed by atoms with van der Waals surface area (Å²) in [6.07, 6.45) is -2.37. The molecule has 404 valence electrons. The molecule has 5 aliphatic heterocycles. The molecule has 5 aromatic rings. The van der Waals surface area contributed by atoms with Crippen LogP contribution in [0.5, 0.6) is 17.2 Å². The zero-order valence-electron chi connectivity index (χ0n) is 43.2. The molecule has 0 aromatic heterocycles. The number of imide groups is 1. The van der Waals surface area contributed by atoms with Crippen molar-refractivity contribution in [1.82, 2.24) is 14.7 Å². The number of rotatable bonds is 15. The number of aliphatic hydroxyl groups is 1. The fourth-order valence-corrected chi connectivity index (χ4v) is 11.6. The Bertz CT molecular complexity index is 3120. The van der Waals surface area contributed by atoms with Gasteiger partial charge in [-0.25, -0.2) is 9.69 Å². The second kappa shape index (κ2) is 23.1. The normalized spacial score (nSPS) is 22.3. The first-order chi connectivity index (χ1) is 38.0. The quantitative estimate of drug-likeness (QED) is 0.0465. The lowest BCUT2D eigenvalue weighted by Gasteiger charge is -2.46. The number of carbonyl (C=O) groups is 6. The number of carbonyl (C=O) groups excluding carboxylic acids is 6.